The predicted octanol–water partition coefficient (Wildman–Crippen LogP) is 0.480. The van der Waals surface area contributed by atoms with Crippen molar-refractivity contribution in [2.24, 2.45) is 16.9 Å². The molecule has 0 aromatic carbocycles. The van der Waals surface area contributed by atoms with Crippen LogP contribution in [0.2, 0.25) is 0 Å². The third-order valence-corrected chi connectivity index (χ3v) is 1.70. The van der Waals surface area contributed by atoms with E-state index in [0.717, 1.165) is 0 Å². The van der Waals surface area contributed by atoms with Gasteiger partial charge in [0, 0.05) is 5.41 Å². The number of primary amides is 1. The molecule has 1 unspecified atom stereocenters. The van der Waals surface area contributed by atoms with Crippen molar-refractivity contribution in [3.8, 4) is 0 Å². The molecule has 0 fully saturated rings. The van der Waals surface area contributed by atoms with Crippen molar-refractivity contribution in [2.75, 3.05) is 0 Å². The number of alkyl halides is 2. The van der Waals surface area contributed by atoms with Gasteiger partial charge in [0.2, 0.25) is 12.3 Å². The Bertz CT molecular complexity index is 171. The van der Waals surface area contributed by atoms with E-state index in [9.17, 15) is 13.6 Å². The fraction of sp³-hybridized carbons (Fsp3) is 0.857. The average molecular weight is 180 g/mol. The van der Waals surface area contributed by atoms with Crippen LogP contribution in [0.5, 0.6) is 0 Å². The molecule has 0 bridgehead atoms. The maximum absolute atomic E-state index is 12.2. The van der Waals surface area contributed by atoms with Gasteiger partial charge in [-0.25, -0.2) is 8.78 Å². The standard InChI is InChI=1S/C7H14F2N2O/c1-7(2,6(8)9)3-4(10)5(11)12/h4,6H,3,10H2,1-2H3,(H2,11,12). The molecule has 3 nitrogen and oxygen atoms in total. The number of rotatable bonds is 4. The van der Waals surface area contributed by atoms with Gasteiger partial charge in [0.25, 0.3) is 0 Å². The number of carbonyl (C=O) groups excluding carboxylic acids is 1. The van der Waals surface area contributed by atoms with E-state index in [1.807, 2.05) is 0 Å². The summed E-state index contributed by atoms with van der Waals surface area (Å²) in [6.45, 7) is 2.70. The van der Waals surface area contributed by atoms with E-state index < -0.39 is 23.8 Å². The van der Waals surface area contributed by atoms with Crippen molar-refractivity contribution < 1.29 is 13.6 Å². The molecule has 0 saturated heterocycles. The van der Waals surface area contributed by atoms with Gasteiger partial charge >= 0.3 is 0 Å². The minimum absolute atomic E-state index is 0.0972. The zero-order valence-electron chi connectivity index (χ0n) is 7.18. The SMILES string of the molecule is CC(C)(CC(N)C(N)=O)C(F)F. The lowest BCUT2D eigenvalue weighted by Crippen LogP contribution is -2.41. The monoisotopic (exact) mass is 180 g/mol. The minimum Gasteiger partial charge on any atom is -0.368 e. The first kappa shape index (κ1) is 11.3. The molecule has 0 radical (unpaired) electrons. The summed E-state index contributed by atoms with van der Waals surface area (Å²) in [5, 5.41) is 0. The van der Waals surface area contributed by atoms with Crippen molar-refractivity contribution in [1.29, 1.82) is 0 Å². The van der Waals surface area contributed by atoms with Crippen LogP contribution in [0, 0.1) is 5.41 Å². The van der Waals surface area contributed by atoms with E-state index in [0.29, 0.717) is 0 Å². The van der Waals surface area contributed by atoms with Gasteiger partial charge in [0.05, 0.1) is 6.04 Å². The average Bonchev–Trinajstić information content (AvgIpc) is 1.85. The first-order valence-electron chi connectivity index (χ1n) is 3.60. The Kier molecular flexibility index (Phi) is 3.57. The fourth-order valence-electron chi connectivity index (χ4n) is 0.756. The number of hydrogen-bond donors (Lipinski definition) is 2. The zero-order valence-corrected chi connectivity index (χ0v) is 7.18. The van der Waals surface area contributed by atoms with Crippen LogP contribution in [0.4, 0.5) is 8.78 Å². The van der Waals surface area contributed by atoms with Crippen molar-refractivity contribution >= 4 is 5.91 Å². The summed E-state index contributed by atoms with van der Waals surface area (Å²) in [7, 11) is 0. The van der Waals surface area contributed by atoms with Crippen molar-refractivity contribution in [3.63, 3.8) is 0 Å². The molecule has 0 heterocycles. The molecule has 0 aromatic heterocycles. The summed E-state index contributed by atoms with van der Waals surface area (Å²) in [5.74, 6) is -0.747. The van der Waals surface area contributed by atoms with Gasteiger partial charge in [-0.1, -0.05) is 13.8 Å². The van der Waals surface area contributed by atoms with Crippen LogP contribution in [0.15, 0.2) is 0 Å². The number of carbonyl (C=O) groups is 1. The van der Waals surface area contributed by atoms with Gasteiger partial charge in [-0.2, -0.15) is 0 Å². The van der Waals surface area contributed by atoms with Crippen LogP contribution >= 0.6 is 0 Å². The van der Waals surface area contributed by atoms with Crippen LogP contribution in [0.3, 0.4) is 0 Å². The lowest BCUT2D eigenvalue weighted by atomic mass is 9.86. The van der Waals surface area contributed by atoms with E-state index in [2.05, 4.69) is 0 Å². The van der Waals surface area contributed by atoms with E-state index in [1.54, 1.807) is 0 Å². The maximum atomic E-state index is 12.2. The number of hydrogen-bond acceptors (Lipinski definition) is 2. The lowest BCUT2D eigenvalue weighted by molar-refractivity contribution is -0.120. The highest BCUT2D eigenvalue weighted by atomic mass is 19.3. The lowest BCUT2D eigenvalue weighted by Gasteiger charge is -2.25. The summed E-state index contributed by atoms with van der Waals surface area (Å²) >= 11 is 0. The largest absolute Gasteiger partial charge is 0.368 e. The van der Waals surface area contributed by atoms with E-state index in [-0.39, 0.29) is 6.42 Å². The van der Waals surface area contributed by atoms with Crippen molar-refractivity contribution in [2.45, 2.75) is 32.7 Å². The van der Waals surface area contributed by atoms with E-state index >= 15 is 0 Å². The Morgan fingerprint density at radius 3 is 2.17 bits per heavy atom. The quantitative estimate of drug-likeness (QED) is 0.660. The molecule has 72 valence electrons. The normalized spacial score (nSPS) is 14.8. The second kappa shape index (κ2) is 3.80. The zero-order chi connectivity index (χ0) is 9.94. The Morgan fingerprint density at radius 2 is 1.92 bits per heavy atom. The molecule has 1 amide bonds. The van der Waals surface area contributed by atoms with E-state index in [1.165, 1.54) is 13.8 Å². The van der Waals surface area contributed by atoms with Crippen LogP contribution in [-0.4, -0.2) is 18.4 Å². The Labute approximate surface area is 70.1 Å². The highest BCUT2D eigenvalue weighted by molar-refractivity contribution is 5.79. The van der Waals surface area contributed by atoms with Crippen LogP contribution in [0.25, 0.3) is 0 Å². The summed E-state index contributed by atoms with van der Waals surface area (Å²) in [5.41, 5.74) is 8.81. The second-order valence-electron chi connectivity index (χ2n) is 3.50. The van der Waals surface area contributed by atoms with Gasteiger partial charge in [0.15, 0.2) is 0 Å². The predicted molar refractivity (Wildman–Crippen MR) is 41.6 cm³/mol. The third-order valence-electron chi connectivity index (χ3n) is 1.70. The van der Waals surface area contributed by atoms with Gasteiger partial charge in [-0.3, -0.25) is 4.79 Å². The number of halogens is 2. The number of nitrogens with two attached hydrogens (primary N) is 2. The van der Waals surface area contributed by atoms with Crippen molar-refractivity contribution in [1.82, 2.24) is 0 Å². The van der Waals surface area contributed by atoms with Crippen LogP contribution < -0.4 is 11.5 Å². The molecule has 1 atom stereocenters. The molecule has 0 aliphatic carbocycles. The molecule has 0 aliphatic heterocycles. The van der Waals surface area contributed by atoms with Crippen LogP contribution in [-0.2, 0) is 4.79 Å². The molecule has 0 saturated carbocycles. The second-order valence-corrected chi connectivity index (χ2v) is 3.50. The minimum atomic E-state index is -2.50. The van der Waals surface area contributed by atoms with Gasteiger partial charge < -0.3 is 11.5 Å². The van der Waals surface area contributed by atoms with Gasteiger partial charge in [-0.15, -0.1) is 0 Å². The smallest absolute Gasteiger partial charge is 0.243 e. The highest BCUT2D eigenvalue weighted by Gasteiger charge is 2.32. The fourth-order valence-corrected chi connectivity index (χ4v) is 0.756. The molecule has 0 rings (SSSR count). The molecule has 12 heavy (non-hydrogen) atoms. The first-order valence-corrected chi connectivity index (χ1v) is 3.60. The van der Waals surface area contributed by atoms with Gasteiger partial charge in [0.1, 0.15) is 0 Å². The van der Waals surface area contributed by atoms with Crippen molar-refractivity contribution in [3.05, 3.63) is 0 Å². The summed E-state index contributed by atoms with van der Waals surface area (Å²) < 4.78 is 24.5. The van der Waals surface area contributed by atoms with E-state index in [4.69, 9.17) is 11.5 Å². The Balaban J connectivity index is 4.15. The molecule has 0 spiro atoms. The Hall–Kier alpha value is -0.710. The molecular formula is C7H14F2N2O. The molecule has 0 aromatic rings. The Morgan fingerprint density at radius 1 is 1.50 bits per heavy atom. The summed E-state index contributed by atoms with van der Waals surface area (Å²) in [6, 6.07) is -0.992. The summed E-state index contributed by atoms with van der Waals surface area (Å²) in [4.78, 5) is 10.5. The molecule has 4 N–H and O–H groups in total. The third kappa shape index (κ3) is 3.13. The van der Waals surface area contributed by atoms with Crippen LogP contribution in [0.1, 0.15) is 20.3 Å². The number of amides is 1. The topological polar surface area (TPSA) is 69.1 Å². The maximum Gasteiger partial charge on any atom is 0.243 e. The van der Waals surface area contributed by atoms with Gasteiger partial charge in [-0.05, 0) is 6.42 Å². The highest BCUT2D eigenvalue weighted by Crippen LogP contribution is 2.29. The first-order chi connectivity index (χ1) is 5.27. The molecular weight excluding hydrogens is 166 g/mol. The summed E-state index contributed by atoms with van der Waals surface area (Å²) in [6.07, 6.45) is -2.59. The molecule has 5 heteroatoms. The molecule has 0 aliphatic rings.